The van der Waals surface area contributed by atoms with Crippen LogP contribution in [0.3, 0.4) is 0 Å². The van der Waals surface area contributed by atoms with Crippen molar-refractivity contribution in [2.75, 3.05) is 0 Å². The van der Waals surface area contributed by atoms with E-state index in [9.17, 15) is 9.59 Å². The molecule has 2 N–H and O–H groups in total. The van der Waals surface area contributed by atoms with Gasteiger partial charge in [-0.3, -0.25) is 14.6 Å². The van der Waals surface area contributed by atoms with Crippen LogP contribution in [0.4, 0.5) is 0 Å². The summed E-state index contributed by atoms with van der Waals surface area (Å²) in [6.07, 6.45) is 4.10. The van der Waals surface area contributed by atoms with E-state index in [-0.39, 0.29) is 17.7 Å². The average molecular weight is 362 g/mol. The topological polar surface area (TPSA) is 76.0 Å². The van der Waals surface area contributed by atoms with E-state index < -0.39 is 12.1 Å². The molecule has 3 atom stereocenters. The van der Waals surface area contributed by atoms with Crippen LogP contribution < -0.4 is 10.6 Å². The smallest absolute Gasteiger partial charge is 0.243 e. The summed E-state index contributed by atoms with van der Waals surface area (Å²) < 4.78 is 2.05. The molecule has 138 valence electrons. The number of piperazine rings is 1. The van der Waals surface area contributed by atoms with Crippen LogP contribution in [-0.4, -0.2) is 33.4 Å². The number of benzene rings is 1. The largest absolute Gasteiger partial charge is 0.350 e. The summed E-state index contributed by atoms with van der Waals surface area (Å²) in [5, 5.41) is 6.90. The van der Waals surface area contributed by atoms with Gasteiger partial charge in [0, 0.05) is 48.4 Å². The van der Waals surface area contributed by atoms with Crippen molar-refractivity contribution in [1.29, 1.82) is 0 Å². The lowest BCUT2D eigenvalue weighted by molar-refractivity contribution is -0.137. The van der Waals surface area contributed by atoms with Gasteiger partial charge < -0.3 is 15.2 Å². The fourth-order valence-corrected chi connectivity index (χ4v) is 3.79. The lowest BCUT2D eigenvalue weighted by atomic mass is 9.90. The van der Waals surface area contributed by atoms with Crippen LogP contribution in [0.1, 0.15) is 24.1 Å². The third-order valence-electron chi connectivity index (χ3n) is 5.27. The molecule has 0 bridgehead atoms. The number of aromatic nitrogens is 2. The molecule has 1 fully saturated rings. The molecule has 0 saturated carbocycles. The predicted octanol–water partition coefficient (Wildman–Crippen LogP) is 1.90. The highest BCUT2D eigenvalue weighted by Crippen LogP contribution is 2.30. The van der Waals surface area contributed by atoms with E-state index in [4.69, 9.17) is 0 Å². The number of nitrogens with one attached hydrogen (secondary N) is 2. The minimum atomic E-state index is -0.594. The Labute approximate surface area is 157 Å². The molecule has 4 rings (SSSR count). The Kier molecular flexibility index (Phi) is 4.39. The lowest BCUT2D eigenvalue weighted by Gasteiger charge is -2.32. The van der Waals surface area contributed by atoms with Gasteiger partial charge in [0.25, 0.3) is 0 Å². The number of carbonyl (C=O) groups is 2. The number of rotatable bonds is 4. The van der Waals surface area contributed by atoms with Crippen LogP contribution >= 0.6 is 0 Å². The van der Waals surface area contributed by atoms with Gasteiger partial charge >= 0.3 is 0 Å². The molecule has 6 heteroatoms. The molecule has 1 aliphatic heterocycles. The molecule has 1 aliphatic rings. The van der Waals surface area contributed by atoms with Crippen LogP contribution in [0.5, 0.6) is 0 Å². The zero-order valence-electron chi connectivity index (χ0n) is 15.3. The average Bonchev–Trinajstić information content (AvgIpc) is 3.02. The molecule has 0 spiro atoms. The van der Waals surface area contributed by atoms with Crippen LogP contribution in [0.25, 0.3) is 10.9 Å². The molecule has 3 aromatic rings. The molecule has 0 aliphatic carbocycles. The van der Waals surface area contributed by atoms with E-state index >= 15 is 0 Å². The second-order valence-electron chi connectivity index (χ2n) is 7.07. The van der Waals surface area contributed by atoms with Crippen LogP contribution in [0.2, 0.25) is 0 Å². The minimum Gasteiger partial charge on any atom is -0.350 e. The number of hydrogen-bond acceptors (Lipinski definition) is 3. The molecule has 2 unspecified atom stereocenters. The van der Waals surface area contributed by atoms with Crippen molar-refractivity contribution >= 4 is 22.7 Å². The van der Waals surface area contributed by atoms with Crippen molar-refractivity contribution in [1.82, 2.24) is 20.2 Å². The summed E-state index contributed by atoms with van der Waals surface area (Å²) in [7, 11) is 1.99. The number of fused-ring (bicyclic) bond motifs is 1. The van der Waals surface area contributed by atoms with E-state index in [2.05, 4.69) is 15.6 Å². The molecule has 0 radical (unpaired) electrons. The summed E-state index contributed by atoms with van der Waals surface area (Å²) in [6, 6.07) is 12.4. The summed E-state index contributed by atoms with van der Waals surface area (Å²) >= 11 is 0. The van der Waals surface area contributed by atoms with E-state index in [1.165, 1.54) is 0 Å². The quantitative estimate of drug-likeness (QED) is 0.744. The number of aryl methyl sites for hydroxylation is 1. The van der Waals surface area contributed by atoms with Gasteiger partial charge in [0.05, 0.1) is 0 Å². The maximum absolute atomic E-state index is 12.7. The van der Waals surface area contributed by atoms with Gasteiger partial charge in [0.1, 0.15) is 12.1 Å². The standard InChI is InChI=1S/C21H22N4O2/c1-13(16-12-25(2)18-9-4-3-8-15(16)18)19-21(27)23-17(20(26)24-19)11-14-7-5-6-10-22-14/h3-10,12-13,17,19H,11H2,1-2H3,(H,23,27)(H,24,26)/t13-,17?,19?/m1/s1. The molecular formula is C21H22N4O2. The second kappa shape index (κ2) is 6.87. The first-order chi connectivity index (χ1) is 13.0. The predicted molar refractivity (Wildman–Crippen MR) is 103 cm³/mol. The van der Waals surface area contributed by atoms with Gasteiger partial charge in [-0.05, 0) is 23.8 Å². The van der Waals surface area contributed by atoms with Crippen LogP contribution in [0.15, 0.2) is 54.9 Å². The van der Waals surface area contributed by atoms with Gasteiger partial charge in [0.15, 0.2) is 0 Å². The molecule has 3 heterocycles. The Morgan fingerprint density at radius 1 is 1.07 bits per heavy atom. The van der Waals surface area contributed by atoms with Crippen molar-refractivity contribution in [2.24, 2.45) is 7.05 Å². The van der Waals surface area contributed by atoms with Crippen molar-refractivity contribution in [3.05, 3.63) is 66.1 Å². The molecule has 6 nitrogen and oxygen atoms in total. The van der Waals surface area contributed by atoms with Crippen molar-refractivity contribution < 1.29 is 9.59 Å². The fraction of sp³-hybridized carbons (Fsp3) is 0.286. The first kappa shape index (κ1) is 17.3. The minimum absolute atomic E-state index is 0.143. The van der Waals surface area contributed by atoms with Crippen LogP contribution in [-0.2, 0) is 23.1 Å². The second-order valence-corrected chi connectivity index (χ2v) is 7.07. The molecule has 27 heavy (non-hydrogen) atoms. The first-order valence-corrected chi connectivity index (χ1v) is 9.09. The first-order valence-electron chi connectivity index (χ1n) is 9.09. The third-order valence-corrected chi connectivity index (χ3v) is 5.27. The number of para-hydroxylation sites is 1. The zero-order valence-corrected chi connectivity index (χ0v) is 15.3. The van der Waals surface area contributed by atoms with Gasteiger partial charge in [-0.2, -0.15) is 0 Å². The maximum Gasteiger partial charge on any atom is 0.243 e. The molecule has 1 saturated heterocycles. The van der Waals surface area contributed by atoms with Gasteiger partial charge in [0.2, 0.25) is 11.8 Å². The number of hydrogen-bond donors (Lipinski definition) is 2. The Hall–Kier alpha value is -3.15. The fourth-order valence-electron chi connectivity index (χ4n) is 3.79. The molecule has 2 aromatic heterocycles. The number of nitrogens with zero attached hydrogens (tertiary/aromatic N) is 2. The van der Waals surface area contributed by atoms with E-state index in [0.29, 0.717) is 6.42 Å². The number of pyridine rings is 1. The SMILES string of the molecule is C[C@H](c1cn(C)c2ccccc12)C1NC(=O)C(Cc2ccccn2)NC1=O. The Balaban J connectivity index is 1.55. The Morgan fingerprint density at radius 3 is 2.63 bits per heavy atom. The van der Waals surface area contributed by atoms with Gasteiger partial charge in [-0.15, -0.1) is 0 Å². The Morgan fingerprint density at radius 2 is 1.85 bits per heavy atom. The summed E-state index contributed by atoms with van der Waals surface area (Å²) in [4.78, 5) is 29.6. The van der Waals surface area contributed by atoms with Crippen molar-refractivity contribution in [3.8, 4) is 0 Å². The molecule has 1 aromatic carbocycles. The van der Waals surface area contributed by atoms with Gasteiger partial charge in [-0.1, -0.05) is 31.2 Å². The van der Waals surface area contributed by atoms with Gasteiger partial charge in [-0.25, -0.2) is 0 Å². The molecular weight excluding hydrogens is 340 g/mol. The number of carbonyl (C=O) groups excluding carboxylic acids is 2. The third kappa shape index (κ3) is 3.18. The van der Waals surface area contributed by atoms with E-state index in [1.807, 2.05) is 67.2 Å². The number of amides is 2. The maximum atomic E-state index is 12.7. The highest BCUT2D eigenvalue weighted by molar-refractivity contribution is 5.98. The highest BCUT2D eigenvalue weighted by Gasteiger charge is 2.38. The van der Waals surface area contributed by atoms with Crippen LogP contribution in [0, 0.1) is 0 Å². The van der Waals surface area contributed by atoms with Crippen molar-refractivity contribution in [2.45, 2.75) is 31.3 Å². The molecule has 2 amide bonds. The lowest BCUT2D eigenvalue weighted by Crippen LogP contribution is -2.63. The van der Waals surface area contributed by atoms with E-state index in [1.54, 1.807) is 6.20 Å². The monoisotopic (exact) mass is 362 g/mol. The summed E-state index contributed by atoms with van der Waals surface area (Å²) in [5.41, 5.74) is 2.94. The highest BCUT2D eigenvalue weighted by atomic mass is 16.2. The van der Waals surface area contributed by atoms with Crippen molar-refractivity contribution in [3.63, 3.8) is 0 Å². The van der Waals surface area contributed by atoms with E-state index in [0.717, 1.165) is 22.2 Å². The Bertz CT molecular complexity index is 996. The summed E-state index contributed by atoms with van der Waals surface area (Å²) in [5.74, 6) is -0.468. The summed E-state index contributed by atoms with van der Waals surface area (Å²) in [6.45, 7) is 1.98. The normalized spacial score (nSPS) is 21.0. The zero-order chi connectivity index (χ0) is 19.0.